The van der Waals surface area contributed by atoms with Gasteiger partial charge in [-0.05, 0) is 13.0 Å². The number of esters is 1. The number of ether oxygens (including phenoxy) is 1. The molecule has 88 valence electrons. The van der Waals surface area contributed by atoms with Gasteiger partial charge in [-0.1, -0.05) is 11.6 Å². The van der Waals surface area contributed by atoms with Gasteiger partial charge in [0.05, 0.1) is 6.61 Å². The zero-order valence-electron chi connectivity index (χ0n) is 8.21. The molecule has 0 saturated heterocycles. The average molecular weight is 252 g/mol. The van der Waals surface area contributed by atoms with Gasteiger partial charge in [0.15, 0.2) is 10.9 Å². The molecule has 0 spiro atoms. The van der Waals surface area contributed by atoms with E-state index in [1.807, 2.05) is 0 Å². The van der Waals surface area contributed by atoms with Gasteiger partial charge in [0.2, 0.25) is 0 Å². The molecule has 0 bridgehead atoms. The number of hydrogen-bond donors (Lipinski definition) is 1. The molecule has 0 amide bonds. The van der Waals surface area contributed by atoms with E-state index in [0.29, 0.717) is 0 Å². The van der Waals surface area contributed by atoms with Crippen molar-refractivity contribution < 1.29 is 23.4 Å². The Morgan fingerprint density at radius 1 is 1.69 bits per heavy atom. The number of halogens is 3. The molecule has 0 unspecified atom stereocenters. The van der Waals surface area contributed by atoms with Gasteiger partial charge in [0, 0.05) is 0 Å². The SMILES string of the molecule is CCOC(=O)c1cc(C(F)F)nc(Cl)c1O. The van der Waals surface area contributed by atoms with Crippen LogP contribution in [0.15, 0.2) is 6.07 Å². The van der Waals surface area contributed by atoms with E-state index in [2.05, 4.69) is 9.72 Å². The van der Waals surface area contributed by atoms with Gasteiger partial charge >= 0.3 is 5.97 Å². The second-order valence-electron chi connectivity index (χ2n) is 2.76. The summed E-state index contributed by atoms with van der Waals surface area (Å²) in [6.07, 6.45) is -2.88. The van der Waals surface area contributed by atoms with Gasteiger partial charge in [-0.25, -0.2) is 18.6 Å². The number of carbonyl (C=O) groups excluding carboxylic acids is 1. The van der Waals surface area contributed by atoms with Crippen LogP contribution in [0.4, 0.5) is 8.78 Å². The van der Waals surface area contributed by atoms with Crippen molar-refractivity contribution in [3.05, 3.63) is 22.5 Å². The van der Waals surface area contributed by atoms with Crippen molar-refractivity contribution in [2.45, 2.75) is 13.3 Å². The van der Waals surface area contributed by atoms with Crippen LogP contribution >= 0.6 is 11.6 Å². The lowest BCUT2D eigenvalue weighted by molar-refractivity contribution is 0.0522. The second kappa shape index (κ2) is 5.07. The summed E-state index contributed by atoms with van der Waals surface area (Å²) in [6, 6.07) is 0.754. The molecule has 1 rings (SSSR count). The fourth-order valence-corrected chi connectivity index (χ4v) is 1.20. The number of alkyl halides is 2. The highest BCUT2D eigenvalue weighted by molar-refractivity contribution is 6.31. The molecule has 1 aromatic rings. The number of hydrogen-bond acceptors (Lipinski definition) is 4. The van der Waals surface area contributed by atoms with Crippen LogP contribution in [-0.4, -0.2) is 22.7 Å². The minimum absolute atomic E-state index is 0.0578. The third-order valence-electron chi connectivity index (χ3n) is 1.69. The van der Waals surface area contributed by atoms with Crippen LogP contribution in [0, 0.1) is 0 Å². The highest BCUT2D eigenvalue weighted by Gasteiger charge is 2.21. The van der Waals surface area contributed by atoms with E-state index in [-0.39, 0.29) is 6.61 Å². The van der Waals surface area contributed by atoms with Crippen LogP contribution in [0.1, 0.15) is 29.4 Å². The number of carbonyl (C=O) groups is 1. The first-order valence-electron chi connectivity index (χ1n) is 4.32. The number of aromatic nitrogens is 1. The molecule has 1 heterocycles. The fraction of sp³-hybridized carbons (Fsp3) is 0.333. The van der Waals surface area contributed by atoms with Gasteiger partial charge in [-0.3, -0.25) is 0 Å². The van der Waals surface area contributed by atoms with Crippen LogP contribution in [0.5, 0.6) is 5.75 Å². The lowest BCUT2D eigenvalue weighted by Crippen LogP contribution is -2.07. The molecule has 7 heteroatoms. The van der Waals surface area contributed by atoms with Gasteiger partial charge in [-0.15, -0.1) is 0 Å². The first-order valence-corrected chi connectivity index (χ1v) is 4.69. The topological polar surface area (TPSA) is 59.4 Å². The monoisotopic (exact) mass is 251 g/mol. The highest BCUT2D eigenvalue weighted by atomic mass is 35.5. The van der Waals surface area contributed by atoms with Crippen molar-refractivity contribution in [1.29, 1.82) is 0 Å². The Balaban J connectivity index is 3.21. The van der Waals surface area contributed by atoms with Gasteiger partial charge in [0.1, 0.15) is 11.3 Å². The average Bonchev–Trinajstić information content (AvgIpc) is 2.21. The highest BCUT2D eigenvalue weighted by Crippen LogP contribution is 2.30. The first-order chi connectivity index (χ1) is 7.47. The van der Waals surface area contributed by atoms with Crippen molar-refractivity contribution in [2.75, 3.05) is 6.61 Å². The summed E-state index contributed by atoms with van der Waals surface area (Å²) in [7, 11) is 0. The molecule has 4 nitrogen and oxygen atoms in total. The van der Waals surface area contributed by atoms with Gasteiger partial charge in [0.25, 0.3) is 6.43 Å². The Hall–Kier alpha value is -1.43. The Morgan fingerprint density at radius 2 is 2.31 bits per heavy atom. The maximum Gasteiger partial charge on any atom is 0.342 e. The lowest BCUT2D eigenvalue weighted by atomic mass is 10.2. The molecule has 0 atom stereocenters. The van der Waals surface area contributed by atoms with Crippen LogP contribution in [0.25, 0.3) is 0 Å². The van der Waals surface area contributed by atoms with E-state index in [0.717, 1.165) is 6.07 Å². The molecule has 0 aliphatic carbocycles. The van der Waals surface area contributed by atoms with Gasteiger partial charge < -0.3 is 9.84 Å². The third kappa shape index (κ3) is 2.57. The second-order valence-corrected chi connectivity index (χ2v) is 3.11. The van der Waals surface area contributed by atoms with Crippen LogP contribution in [0.3, 0.4) is 0 Å². The van der Waals surface area contributed by atoms with E-state index < -0.39 is 34.6 Å². The van der Waals surface area contributed by atoms with E-state index in [4.69, 9.17) is 11.6 Å². The number of pyridine rings is 1. The van der Waals surface area contributed by atoms with Crippen molar-refractivity contribution in [2.24, 2.45) is 0 Å². The zero-order valence-corrected chi connectivity index (χ0v) is 8.96. The van der Waals surface area contributed by atoms with Gasteiger partial charge in [-0.2, -0.15) is 0 Å². The number of aromatic hydroxyl groups is 1. The molecule has 0 aliphatic rings. The molecule has 0 aliphatic heterocycles. The summed E-state index contributed by atoms with van der Waals surface area (Å²) in [5, 5.41) is 8.81. The Labute approximate surface area is 94.8 Å². The molecule has 0 fully saturated rings. The Kier molecular flexibility index (Phi) is 4.00. The molecular weight excluding hydrogens is 244 g/mol. The quantitative estimate of drug-likeness (QED) is 0.662. The first kappa shape index (κ1) is 12.6. The van der Waals surface area contributed by atoms with Crippen LogP contribution < -0.4 is 0 Å². The smallest absolute Gasteiger partial charge is 0.342 e. The third-order valence-corrected chi connectivity index (χ3v) is 1.95. The minimum atomic E-state index is -2.88. The van der Waals surface area contributed by atoms with Crippen molar-refractivity contribution >= 4 is 17.6 Å². The summed E-state index contributed by atoms with van der Waals surface area (Å²) in [4.78, 5) is 14.5. The van der Waals surface area contributed by atoms with Crippen molar-refractivity contribution in [3.63, 3.8) is 0 Å². The minimum Gasteiger partial charge on any atom is -0.504 e. The maximum absolute atomic E-state index is 12.4. The normalized spacial score (nSPS) is 10.6. The van der Waals surface area contributed by atoms with E-state index in [1.54, 1.807) is 6.92 Å². The molecule has 1 N–H and O–H groups in total. The van der Waals surface area contributed by atoms with Crippen LogP contribution in [0.2, 0.25) is 5.15 Å². The Bertz CT molecular complexity index is 412. The summed E-state index contributed by atoms with van der Waals surface area (Å²) in [6.45, 7) is 1.61. The van der Waals surface area contributed by atoms with E-state index in [9.17, 15) is 18.7 Å². The van der Waals surface area contributed by atoms with Crippen LogP contribution in [-0.2, 0) is 4.74 Å². The molecule has 1 aromatic heterocycles. The summed E-state index contributed by atoms with van der Waals surface area (Å²) in [5.41, 5.74) is -1.11. The molecule has 16 heavy (non-hydrogen) atoms. The lowest BCUT2D eigenvalue weighted by Gasteiger charge is -2.07. The zero-order chi connectivity index (χ0) is 12.3. The molecule has 0 aromatic carbocycles. The predicted molar refractivity (Wildman–Crippen MR) is 51.8 cm³/mol. The number of nitrogens with zero attached hydrogens (tertiary/aromatic N) is 1. The summed E-state index contributed by atoms with van der Waals surface area (Å²) in [5.74, 6) is -1.59. The maximum atomic E-state index is 12.4. The molecule has 0 saturated carbocycles. The standard InChI is InChI=1S/C9H8ClF2NO3/c1-2-16-9(15)4-3-5(8(11)12)13-7(10)6(4)14/h3,8,14H,2H2,1H3. The summed E-state index contributed by atoms with van der Waals surface area (Å²) < 4.78 is 29.3. The molecular formula is C9H8ClF2NO3. The van der Waals surface area contributed by atoms with Crippen molar-refractivity contribution in [1.82, 2.24) is 4.98 Å². The largest absolute Gasteiger partial charge is 0.504 e. The number of rotatable bonds is 3. The molecule has 0 radical (unpaired) electrons. The fourth-order valence-electron chi connectivity index (χ4n) is 1.00. The van der Waals surface area contributed by atoms with E-state index in [1.165, 1.54) is 0 Å². The predicted octanol–water partition coefficient (Wildman–Crippen LogP) is 2.55. The Morgan fingerprint density at radius 3 is 2.81 bits per heavy atom. The van der Waals surface area contributed by atoms with Crippen molar-refractivity contribution in [3.8, 4) is 5.75 Å². The summed E-state index contributed by atoms with van der Waals surface area (Å²) >= 11 is 5.41. The van der Waals surface area contributed by atoms with E-state index >= 15 is 0 Å².